The molecule has 3 rings (SSSR count). The Balaban J connectivity index is 1.63. The van der Waals surface area contributed by atoms with Crippen LogP contribution < -0.4 is 5.32 Å². The van der Waals surface area contributed by atoms with Gasteiger partial charge in [0.25, 0.3) is 0 Å². The lowest BCUT2D eigenvalue weighted by Crippen LogP contribution is -2.42. The van der Waals surface area contributed by atoms with Crippen molar-refractivity contribution in [2.75, 3.05) is 18.4 Å². The van der Waals surface area contributed by atoms with E-state index in [1.54, 1.807) is 30.3 Å². The molecule has 1 aromatic carbocycles. The molecule has 0 radical (unpaired) electrons. The highest BCUT2D eigenvalue weighted by Gasteiger charge is 2.33. The van der Waals surface area contributed by atoms with E-state index in [9.17, 15) is 21.6 Å². The lowest BCUT2D eigenvalue weighted by atomic mass is 10.1. The Morgan fingerprint density at radius 2 is 1.73 bits per heavy atom. The zero-order chi connectivity index (χ0) is 18.8. The van der Waals surface area contributed by atoms with Gasteiger partial charge in [0.2, 0.25) is 10.0 Å². The Morgan fingerprint density at radius 1 is 1.08 bits per heavy atom. The van der Waals surface area contributed by atoms with Gasteiger partial charge in [-0.05, 0) is 25.0 Å². The maximum atomic E-state index is 12.7. The third kappa shape index (κ3) is 4.13. The van der Waals surface area contributed by atoms with E-state index in [-0.39, 0.29) is 29.8 Å². The monoisotopic (exact) mass is 386 g/mol. The minimum Gasteiger partial charge on any atom is -0.367 e. The van der Waals surface area contributed by atoms with Crippen molar-refractivity contribution in [2.45, 2.75) is 30.0 Å². The van der Waals surface area contributed by atoms with Gasteiger partial charge >= 0.3 is 6.18 Å². The number of halogens is 3. The van der Waals surface area contributed by atoms with Crippen molar-refractivity contribution in [3.8, 4) is 0 Å². The number of hydrogen-bond acceptors (Lipinski definition) is 5. The van der Waals surface area contributed by atoms with Crippen LogP contribution in [0, 0.1) is 0 Å². The highest BCUT2D eigenvalue weighted by molar-refractivity contribution is 7.89. The van der Waals surface area contributed by atoms with Crippen molar-refractivity contribution < 1.29 is 21.6 Å². The van der Waals surface area contributed by atoms with Gasteiger partial charge in [-0.25, -0.2) is 18.4 Å². The Labute approximate surface area is 149 Å². The third-order valence-electron chi connectivity index (χ3n) is 4.14. The number of benzene rings is 1. The zero-order valence-corrected chi connectivity index (χ0v) is 14.5. The molecule has 0 unspecified atom stereocenters. The van der Waals surface area contributed by atoms with Crippen molar-refractivity contribution in [3.63, 3.8) is 0 Å². The first-order chi connectivity index (χ1) is 12.3. The number of anilines is 1. The molecular weight excluding hydrogens is 369 g/mol. The summed E-state index contributed by atoms with van der Waals surface area (Å²) in [5.41, 5.74) is -1.01. The van der Waals surface area contributed by atoms with E-state index < -0.39 is 21.9 Å². The largest absolute Gasteiger partial charge is 0.433 e. The number of aromatic nitrogens is 2. The lowest BCUT2D eigenvalue weighted by Gasteiger charge is -2.31. The third-order valence-corrected chi connectivity index (χ3v) is 6.06. The molecule has 140 valence electrons. The van der Waals surface area contributed by atoms with E-state index in [1.807, 2.05) is 0 Å². The van der Waals surface area contributed by atoms with Crippen LogP contribution in [0.15, 0.2) is 47.6 Å². The summed E-state index contributed by atoms with van der Waals surface area (Å²) < 4.78 is 64.6. The first-order valence-corrected chi connectivity index (χ1v) is 9.42. The molecule has 2 aromatic rings. The number of nitrogens with one attached hydrogen (secondary N) is 1. The Kier molecular flexibility index (Phi) is 5.15. The van der Waals surface area contributed by atoms with Gasteiger partial charge in [0.05, 0.1) is 4.90 Å². The molecule has 0 amide bonds. The van der Waals surface area contributed by atoms with Crippen LogP contribution in [-0.2, 0) is 16.2 Å². The van der Waals surface area contributed by atoms with Gasteiger partial charge in [-0.15, -0.1) is 0 Å². The van der Waals surface area contributed by atoms with Gasteiger partial charge in [-0.1, -0.05) is 18.2 Å². The van der Waals surface area contributed by atoms with E-state index in [1.165, 1.54) is 4.31 Å². The molecule has 0 saturated carbocycles. The fourth-order valence-corrected chi connectivity index (χ4v) is 4.27. The van der Waals surface area contributed by atoms with Crippen molar-refractivity contribution in [1.29, 1.82) is 0 Å². The molecule has 1 aliphatic heterocycles. The molecule has 2 heterocycles. The van der Waals surface area contributed by atoms with Gasteiger partial charge in [0, 0.05) is 25.2 Å². The Morgan fingerprint density at radius 3 is 2.35 bits per heavy atom. The molecular formula is C16H17F3N4O2S. The smallest absolute Gasteiger partial charge is 0.367 e. The molecule has 0 atom stereocenters. The minimum atomic E-state index is -4.54. The first-order valence-electron chi connectivity index (χ1n) is 7.98. The van der Waals surface area contributed by atoms with Crippen molar-refractivity contribution in [1.82, 2.24) is 14.3 Å². The van der Waals surface area contributed by atoms with Crippen LogP contribution >= 0.6 is 0 Å². The fraction of sp³-hybridized carbons (Fsp3) is 0.375. The van der Waals surface area contributed by atoms with Gasteiger partial charge in [0.1, 0.15) is 17.8 Å². The van der Waals surface area contributed by atoms with Gasteiger partial charge in [-0.3, -0.25) is 0 Å². The minimum absolute atomic E-state index is 0.0803. The molecule has 1 saturated heterocycles. The maximum Gasteiger partial charge on any atom is 0.433 e. The predicted octanol–water partition coefficient (Wildman–Crippen LogP) is 2.76. The zero-order valence-electron chi connectivity index (χ0n) is 13.6. The summed E-state index contributed by atoms with van der Waals surface area (Å²) in [6, 6.07) is 8.84. The Hall–Kier alpha value is -2.20. The lowest BCUT2D eigenvalue weighted by molar-refractivity contribution is -0.141. The highest BCUT2D eigenvalue weighted by Crippen LogP contribution is 2.29. The number of hydrogen-bond donors (Lipinski definition) is 1. The van der Waals surface area contributed by atoms with E-state index in [2.05, 4.69) is 15.3 Å². The van der Waals surface area contributed by atoms with Crippen LogP contribution in [0.25, 0.3) is 0 Å². The molecule has 0 aliphatic carbocycles. The summed E-state index contributed by atoms with van der Waals surface area (Å²) in [6.45, 7) is 0.568. The van der Waals surface area contributed by atoms with Crippen LogP contribution in [0.4, 0.5) is 19.0 Å². The number of piperidine rings is 1. The van der Waals surface area contributed by atoms with Crippen molar-refractivity contribution >= 4 is 15.8 Å². The summed E-state index contributed by atoms with van der Waals surface area (Å²) in [6.07, 6.45) is -2.73. The van der Waals surface area contributed by atoms with Crippen LogP contribution in [0.1, 0.15) is 18.5 Å². The second kappa shape index (κ2) is 7.20. The van der Waals surface area contributed by atoms with Crippen LogP contribution in [0.2, 0.25) is 0 Å². The summed E-state index contributed by atoms with van der Waals surface area (Å²) in [4.78, 5) is 7.26. The molecule has 1 fully saturated rings. The van der Waals surface area contributed by atoms with Crippen LogP contribution in [0.5, 0.6) is 0 Å². The summed E-state index contributed by atoms with van der Waals surface area (Å²) >= 11 is 0. The molecule has 1 aromatic heterocycles. The average molecular weight is 386 g/mol. The first kappa shape index (κ1) is 18.6. The molecule has 10 heteroatoms. The standard InChI is InChI=1S/C16H17F3N4O2S/c17-16(18,19)14-10-15(21-11-20-14)22-12-6-8-23(9-7-12)26(24,25)13-4-2-1-3-5-13/h1-5,10-12H,6-9H2,(H,20,21,22). The number of nitrogens with zero attached hydrogens (tertiary/aromatic N) is 3. The normalized spacial score (nSPS) is 17.2. The SMILES string of the molecule is O=S(=O)(c1ccccc1)N1CCC(Nc2cc(C(F)(F)F)ncn2)CC1. The van der Waals surface area contributed by atoms with E-state index >= 15 is 0 Å². The summed E-state index contributed by atoms with van der Waals surface area (Å²) in [5.74, 6) is 0.0803. The van der Waals surface area contributed by atoms with E-state index in [4.69, 9.17) is 0 Å². The van der Waals surface area contributed by atoms with E-state index in [0.29, 0.717) is 12.8 Å². The quantitative estimate of drug-likeness (QED) is 0.875. The van der Waals surface area contributed by atoms with Crippen LogP contribution in [0.3, 0.4) is 0 Å². The van der Waals surface area contributed by atoms with Gasteiger partial charge < -0.3 is 5.32 Å². The summed E-state index contributed by atoms with van der Waals surface area (Å²) in [5, 5.41) is 2.93. The molecule has 6 nitrogen and oxygen atoms in total. The molecule has 1 N–H and O–H groups in total. The van der Waals surface area contributed by atoms with Gasteiger partial charge in [0.15, 0.2) is 0 Å². The van der Waals surface area contributed by atoms with E-state index in [0.717, 1.165) is 12.4 Å². The van der Waals surface area contributed by atoms with Crippen molar-refractivity contribution in [2.24, 2.45) is 0 Å². The highest BCUT2D eigenvalue weighted by atomic mass is 32.2. The topological polar surface area (TPSA) is 75.2 Å². The number of alkyl halides is 3. The van der Waals surface area contributed by atoms with Crippen LogP contribution in [-0.4, -0.2) is 41.8 Å². The molecule has 26 heavy (non-hydrogen) atoms. The average Bonchev–Trinajstić information content (AvgIpc) is 2.62. The Bertz CT molecular complexity index is 851. The molecule has 1 aliphatic rings. The number of rotatable bonds is 4. The second-order valence-electron chi connectivity index (χ2n) is 5.92. The second-order valence-corrected chi connectivity index (χ2v) is 7.86. The number of sulfonamides is 1. The molecule has 0 spiro atoms. The van der Waals surface area contributed by atoms with Crippen molar-refractivity contribution in [3.05, 3.63) is 48.4 Å². The summed E-state index contributed by atoms with van der Waals surface area (Å²) in [7, 11) is -3.55. The maximum absolute atomic E-state index is 12.7. The predicted molar refractivity (Wildman–Crippen MR) is 88.9 cm³/mol. The van der Waals surface area contributed by atoms with Gasteiger partial charge in [-0.2, -0.15) is 17.5 Å². The molecule has 0 bridgehead atoms. The fourth-order valence-electron chi connectivity index (χ4n) is 2.78.